The second-order valence-corrected chi connectivity index (χ2v) is 6.97. The number of rotatable bonds is 4. The van der Waals surface area contributed by atoms with Crippen LogP contribution >= 0.6 is 34.8 Å². The number of halogens is 3. The Balaban J connectivity index is 2.46. The second-order valence-electron chi connectivity index (χ2n) is 4.13. The maximum absolute atomic E-state index is 12.4. The van der Waals surface area contributed by atoms with E-state index in [-0.39, 0.29) is 32.3 Å². The quantitative estimate of drug-likeness (QED) is 0.861. The van der Waals surface area contributed by atoms with Gasteiger partial charge in [0.05, 0.1) is 27.4 Å². The van der Waals surface area contributed by atoms with Gasteiger partial charge in [-0.2, -0.15) is 0 Å². The summed E-state index contributed by atoms with van der Waals surface area (Å²) >= 11 is 17.7. The van der Waals surface area contributed by atoms with Crippen LogP contribution in [0, 0.1) is 0 Å². The molecule has 8 heteroatoms. The van der Waals surface area contributed by atoms with Crippen molar-refractivity contribution in [2.75, 3.05) is 4.72 Å². The molecule has 2 rings (SSSR count). The Morgan fingerprint density at radius 3 is 2.43 bits per heavy atom. The van der Waals surface area contributed by atoms with Gasteiger partial charge in [-0.25, -0.2) is 8.42 Å². The third-order valence-corrected chi connectivity index (χ3v) is 5.33. The number of aliphatic hydroxyl groups is 1. The van der Waals surface area contributed by atoms with Gasteiger partial charge < -0.3 is 5.11 Å². The molecule has 0 aliphatic rings. The summed E-state index contributed by atoms with van der Waals surface area (Å²) in [5, 5.41) is 9.46. The molecule has 0 aromatic heterocycles. The molecule has 0 radical (unpaired) electrons. The first kappa shape index (κ1) is 16.4. The lowest BCUT2D eigenvalue weighted by atomic mass is 10.2. The van der Waals surface area contributed by atoms with Crippen molar-refractivity contribution in [3.05, 3.63) is 57.0 Å². The predicted octanol–water partition coefficient (Wildman–Crippen LogP) is 3.94. The fourth-order valence-corrected chi connectivity index (χ4v) is 3.66. The summed E-state index contributed by atoms with van der Waals surface area (Å²) in [6.07, 6.45) is 0. The lowest BCUT2D eigenvalue weighted by Crippen LogP contribution is -2.14. The topological polar surface area (TPSA) is 66.4 Å². The van der Waals surface area contributed by atoms with E-state index in [1.165, 1.54) is 24.3 Å². The molecule has 0 fully saturated rings. The van der Waals surface area contributed by atoms with Crippen molar-refractivity contribution < 1.29 is 13.5 Å². The molecule has 0 saturated carbocycles. The molecule has 0 atom stereocenters. The van der Waals surface area contributed by atoms with E-state index in [0.717, 1.165) is 0 Å². The van der Waals surface area contributed by atoms with Crippen molar-refractivity contribution in [2.45, 2.75) is 11.5 Å². The maximum atomic E-state index is 12.4. The molecular formula is C13H10Cl3NO3S. The van der Waals surface area contributed by atoms with Crippen molar-refractivity contribution in [3.63, 3.8) is 0 Å². The molecule has 0 heterocycles. The van der Waals surface area contributed by atoms with Crippen LogP contribution in [0.5, 0.6) is 0 Å². The van der Waals surface area contributed by atoms with Gasteiger partial charge >= 0.3 is 0 Å². The van der Waals surface area contributed by atoms with E-state index in [4.69, 9.17) is 39.9 Å². The number of nitrogens with one attached hydrogen (secondary N) is 1. The Hall–Kier alpha value is -0.980. The molecule has 0 aliphatic heterocycles. The van der Waals surface area contributed by atoms with Gasteiger partial charge in [0.2, 0.25) is 0 Å². The zero-order chi connectivity index (χ0) is 15.6. The number of anilines is 1. The Bertz CT molecular complexity index is 778. The minimum Gasteiger partial charge on any atom is -0.392 e. The van der Waals surface area contributed by atoms with E-state index < -0.39 is 10.0 Å². The smallest absolute Gasteiger partial charge is 0.263 e. The third-order valence-electron chi connectivity index (χ3n) is 2.66. The molecule has 0 saturated heterocycles. The van der Waals surface area contributed by atoms with Gasteiger partial charge in [0.15, 0.2) is 0 Å². The first-order valence-corrected chi connectivity index (χ1v) is 8.33. The summed E-state index contributed by atoms with van der Waals surface area (Å²) in [6.45, 7) is -0.294. The van der Waals surface area contributed by atoms with E-state index in [1.807, 2.05) is 0 Å². The van der Waals surface area contributed by atoms with E-state index in [9.17, 15) is 8.42 Å². The van der Waals surface area contributed by atoms with Gasteiger partial charge in [-0.1, -0.05) is 46.9 Å². The van der Waals surface area contributed by atoms with E-state index in [2.05, 4.69) is 4.72 Å². The van der Waals surface area contributed by atoms with Gasteiger partial charge in [0.1, 0.15) is 4.90 Å². The standard InChI is InChI=1S/C13H10Cl3NO3S/c14-9-5-4-8(7-18)6-12(9)21(19,20)17-11-3-1-2-10(15)13(11)16/h1-6,17-18H,7H2. The molecule has 2 aromatic carbocycles. The van der Waals surface area contributed by atoms with Crippen molar-refractivity contribution in [2.24, 2.45) is 0 Å². The molecule has 0 spiro atoms. The zero-order valence-corrected chi connectivity index (χ0v) is 13.6. The fourth-order valence-electron chi connectivity index (χ4n) is 1.63. The third kappa shape index (κ3) is 3.62. The maximum Gasteiger partial charge on any atom is 0.263 e. The molecule has 21 heavy (non-hydrogen) atoms. The Labute approximate surface area is 137 Å². The summed E-state index contributed by atoms with van der Waals surface area (Å²) < 4.78 is 27.1. The largest absolute Gasteiger partial charge is 0.392 e. The van der Waals surface area contributed by atoms with Crippen LogP contribution in [0.4, 0.5) is 5.69 Å². The summed E-state index contributed by atoms with van der Waals surface area (Å²) in [7, 11) is -3.95. The highest BCUT2D eigenvalue weighted by atomic mass is 35.5. The Morgan fingerprint density at radius 2 is 1.76 bits per heavy atom. The lowest BCUT2D eigenvalue weighted by molar-refractivity contribution is 0.281. The molecule has 0 aliphatic carbocycles. The first-order valence-electron chi connectivity index (χ1n) is 5.71. The average Bonchev–Trinajstić information content (AvgIpc) is 2.44. The molecule has 4 nitrogen and oxygen atoms in total. The average molecular weight is 367 g/mol. The Morgan fingerprint density at radius 1 is 1.05 bits per heavy atom. The summed E-state index contributed by atoms with van der Waals surface area (Å²) in [5.41, 5.74) is 0.576. The van der Waals surface area contributed by atoms with Crippen molar-refractivity contribution in [1.82, 2.24) is 0 Å². The van der Waals surface area contributed by atoms with E-state index >= 15 is 0 Å². The van der Waals surface area contributed by atoms with Crippen LogP contribution in [0.3, 0.4) is 0 Å². The van der Waals surface area contributed by atoms with Gasteiger partial charge in [-0.15, -0.1) is 0 Å². The summed E-state index contributed by atoms with van der Waals surface area (Å²) in [4.78, 5) is -0.147. The van der Waals surface area contributed by atoms with Gasteiger partial charge in [0, 0.05) is 0 Å². The van der Waals surface area contributed by atoms with Crippen molar-refractivity contribution in [1.29, 1.82) is 0 Å². The van der Waals surface area contributed by atoms with Crippen LogP contribution < -0.4 is 4.72 Å². The van der Waals surface area contributed by atoms with Crippen LogP contribution in [0.25, 0.3) is 0 Å². The normalized spacial score (nSPS) is 11.4. The SMILES string of the molecule is O=S(=O)(Nc1cccc(Cl)c1Cl)c1cc(CO)ccc1Cl. The number of hydrogen-bond donors (Lipinski definition) is 2. The second kappa shape index (κ2) is 6.42. The van der Waals surface area contributed by atoms with Crippen molar-refractivity contribution >= 4 is 50.5 Å². The van der Waals surface area contributed by atoms with Gasteiger partial charge in [-0.3, -0.25) is 4.72 Å². The minimum absolute atomic E-state index is 0.0397. The predicted molar refractivity (Wildman–Crippen MR) is 84.6 cm³/mol. The minimum atomic E-state index is -3.95. The van der Waals surface area contributed by atoms with Gasteiger partial charge in [-0.05, 0) is 29.8 Å². The van der Waals surface area contributed by atoms with Crippen LogP contribution in [-0.2, 0) is 16.6 Å². The number of sulfonamides is 1. The van der Waals surface area contributed by atoms with Gasteiger partial charge in [0.25, 0.3) is 10.0 Å². The molecular weight excluding hydrogens is 357 g/mol. The monoisotopic (exact) mass is 365 g/mol. The highest BCUT2D eigenvalue weighted by molar-refractivity contribution is 7.92. The molecule has 0 bridgehead atoms. The van der Waals surface area contributed by atoms with E-state index in [1.54, 1.807) is 12.1 Å². The van der Waals surface area contributed by atoms with Crippen molar-refractivity contribution in [3.8, 4) is 0 Å². The molecule has 0 unspecified atom stereocenters. The van der Waals surface area contributed by atoms with Crippen LogP contribution in [0.15, 0.2) is 41.3 Å². The fraction of sp³-hybridized carbons (Fsp3) is 0.0769. The molecule has 2 N–H and O–H groups in total. The van der Waals surface area contributed by atoms with Crippen LogP contribution in [0.2, 0.25) is 15.1 Å². The number of aliphatic hydroxyl groups excluding tert-OH is 1. The summed E-state index contributed by atoms with van der Waals surface area (Å²) in [5.74, 6) is 0. The number of benzene rings is 2. The molecule has 2 aromatic rings. The lowest BCUT2D eigenvalue weighted by Gasteiger charge is -2.12. The number of hydrogen-bond acceptors (Lipinski definition) is 3. The summed E-state index contributed by atoms with van der Waals surface area (Å²) in [6, 6.07) is 8.83. The zero-order valence-electron chi connectivity index (χ0n) is 10.5. The molecule has 0 amide bonds. The molecule has 112 valence electrons. The van der Waals surface area contributed by atoms with Crippen LogP contribution in [-0.4, -0.2) is 13.5 Å². The van der Waals surface area contributed by atoms with E-state index in [0.29, 0.717) is 5.56 Å². The highest BCUT2D eigenvalue weighted by Crippen LogP contribution is 2.32. The van der Waals surface area contributed by atoms with Crippen LogP contribution in [0.1, 0.15) is 5.56 Å². The highest BCUT2D eigenvalue weighted by Gasteiger charge is 2.20. The first-order chi connectivity index (χ1) is 9.85. The Kier molecular flexibility index (Phi) is 5.01.